The summed E-state index contributed by atoms with van der Waals surface area (Å²) in [5.41, 5.74) is 0.303. The van der Waals surface area contributed by atoms with Gasteiger partial charge in [-0.2, -0.15) is 0 Å². The first-order valence-electron chi connectivity index (χ1n) is 12.7. The molecule has 1 amide bonds. The van der Waals surface area contributed by atoms with Crippen LogP contribution in [0.5, 0.6) is 11.5 Å². The van der Waals surface area contributed by atoms with Crippen molar-refractivity contribution < 1.29 is 40.6 Å². The van der Waals surface area contributed by atoms with Crippen LogP contribution in [-0.2, 0) is 19.0 Å². The van der Waals surface area contributed by atoms with Crippen LogP contribution in [-0.4, -0.2) is 33.6 Å². The van der Waals surface area contributed by atoms with Crippen molar-refractivity contribution in [1.29, 1.82) is 0 Å². The summed E-state index contributed by atoms with van der Waals surface area (Å²) >= 11 is 0. The molecule has 0 atom stereocenters. The van der Waals surface area contributed by atoms with Gasteiger partial charge < -0.3 is 14.8 Å². The highest BCUT2D eigenvalue weighted by Gasteiger charge is 2.39. The van der Waals surface area contributed by atoms with Crippen molar-refractivity contribution >= 4 is 16.9 Å². The number of hydrogen-bond acceptors (Lipinski definition) is 5. The van der Waals surface area contributed by atoms with Crippen molar-refractivity contribution in [2.24, 2.45) is 7.05 Å². The minimum absolute atomic E-state index is 0.0715. The van der Waals surface area contributed by atoms with E-state index < -0.39 is 35.7 Å². The van der Waals surface area contributed by atoms with Crippen LogP contribution in [0.4, 0.5) is 26.3 Å². The summed E-state index contributed by atoms with van der Waals surface area (Å²) in [6, 6.07) is 23.1. The molecule has 7 nitrogen and oxygen atoms in total. The van der Waals surface area contributed by atoms with Gasteiger partial charge >= 0.3 is 12.7 Å². The molecule has 4 aromatic carbocycles. The lowest BCUT2D eigenvalue weighted by molar-refractivity contribution is -0.275. The van der Waals surface area contributed by atoms with Crippen LogP contribution in [0.2, 0.25) is 0 Å². The smallest absolute Gasteiger partial charge is 0.406 e. The van der Waals surface area contributed by atoms with E-state index in [1.165, 1.54) is 41.1 Å². The first kappa shape index (κ1) is 29.4. The molecule has 5 rings (SSSR count). The molecule has 1 N–H and O–H groups in total. The van der Waals surface area contributed by atoms with Crippen molar-refractivity contribution in [3.8, 4) is 11.5 Å². The summed E-state index contributed by atoms with van der Waals surface area (Å²) in [6.07, 6.45) is -10.1. The molecule has 0 spiro atoms. The summed E-state index contributed by atoms with van der Waals surface area (Å²) in [6.45, 7) is 0. The Morgan fingerprint density at radius 2 is 1.35 bits per heavy atom. The van der Waals surface area contributed by atoms with E-state index in [4.69, 9.17) is 0 Å². The average molecular weight is 601 g/mol. The number of hydrogen-bond donors (Lipinski definition) is 1. The third kappa shape index (κ3) is 6.88. The maximum Gasteiger partial charge on any atom is 0.573 e. The number of carbonyl (C=O) groups is 1. The van der Waals surface area contributed by atoms with E-state index >= 15 is 0 Å². The van der Waals surface area contributed by atoms with Crippen molar-refractivity contribution in [2.75, 3.05) is 0 Å². The molecule has 13 heteroatoms. The third-order valence-electron chi connectivity index (χ3n) is 6.63. The Hall–Kier alpha value is -5.07. The number of nitrogens with one attached hydrogen (secondary N) is 1. The lowest BCUT2D eigenvalue weighted by Gasteiger charge is -2.37. The number of benzene rings is 4. The number of fused-ring (bicyclic) bond motifs is 1. The fraction of sp³-hybridized carbons (Fsp3) is 0.167. The molecule has 1 heterocycles. The number of halogens is 6. The number of rotatable bonds is 8. The predicted octanol–water partition coefficient (Wildman–Crippen LogP) is 6.68. The molecule has 0 aliphatic carbocycles. The zero-order valence-corrected chi connectivity index (χ0v) is 22.3. The van der Waals surface area contributed by atoms with Crippen LogP contribution in [0.3, 0.4) is 0 Å². The quantitative estimate of drug-likeness (QED) is 0.201. The van der Waals surface area contributed by atoms with Gasteiger partial charge in [0, 0.05) is 19.0 Å². The summed E-state index contributed by atoms with van der Waals surface area (Å²) in [7, 11) is 1.67. The second kappa shape index (κ2) is 11.3. The van der Waals surface area contributed by atoms with E-state index in [1.807, 2.05) is 0 Å². The van der Waals surface area contributed by atoms with Gasteiger partial charge in [0.2, 0.25) is 0 Å². The van der Waals surface area contributed by atoms with Gasteiger partial charge in [-0.3, -0.25) is 4.79 Å². The van der Waals surface area contributed by atoms with Gasteiger partial charge in [0.1, 0.15) is 17.0 Å². The highest BCUT2D eigenvalue weighted by molar-refractivity contribution is 5.98. The second-order valence-electron chi connectivity index (χ2n) is 9.59. The molecule has 43 heavy (non-hydrogen) atoms. The molecule has 5 aromatic rings. The summed E-state index contributed by atoms with van der Waals surface area (Å²) in [4.78, 5) is 13.9. The van der Waals surface area contributed by atoms with E-state index in [0.717, 1.165) is 24.3 Å². The number of aryl methyl sites for hydroxylation is 1. The standard InChI is InChI=1S/C30H22F6N4O3/c1-40-26-14-13-20(15-25(26)38-39-40)27(41)37-28(18-19-7-3-2-4-8-19,21-9-5-11-23(16-21)42-29(31,32)33)22-10-6-12-24(17-22)43-30(34,35)36/h2-17H,18H2,1H3,(H,37,41). The molecule has 0 aliphatic rings. The highest BCUT2D eigenvalue weighted by Crippen LogP contribution is 2.38. The van der Waals surface area contributed by atoms with Crippen LogP contribution in [0.25, 0.3) is 11.0 Å². The van der Waals surface area contributed by atoms with Gasteiger partial charge in [-0.05, 0) is 59.2 Å². The Balaban J connectivity index is 1.70. The maximum absolute atomic E-state index is 13.9. The minimum Gasteiger partial charge on any atom is -0.406 e. The Morgan fingerprint density at radius 1 is 0.767 bits per heavy atom. The van der Waals surface area contributed by atoms with E-state index in [9.17, 15) is 31.1 Å². The van der Waals surface area contributed by atoms with Crippen molar-refractivity contribution in [3.05, 3.63) is 119 Å². The molecule has 0 bridgehead atoms. The molecular formula is C30H22F6N4O3. The lowest BCUT2D eigenvalue weighted by atomic mass is 9.77. The topological polar surface area (TPSA) is 78.3 Å². The van der Waals surface area contributed by atoms with E-state index in [2.05, 4.69) is 25.1 Å². The fourth-order valence-corrected chi connectivity index (χ4v) is 4.83. The van der Waals surface area contributed by atoms with E-state index in [1.54, 1.807) is 43.4 Å². The van der Waals surface area contributed by atoms with Crippen LogP contribution in [0.1, 0.15) is 27.0 Å². The zero-order chi connectivity index (χ0) is 30.8. The largest absolute Gasteiger partial charge is 0.573 e. The molecule has 0 fully saturated rings. The van der Waals surface area contributed by atoms with Gasteiger partial charge in [-0.1, -0.05) is 59.8 Å². The van der Waals surface area contributed by atoms with Crippen molar-refractivity contribution in [3.63, 3.8) is 0 Å². The first-order chi connectivity index (χ1) is 20.3. The number of alkyl halides is 6. The van der Waals surface area contributed by atoms with Gasteiger partial charge in [0.25, 0.3) is 5.91 Å². The lowest BCUT2D eigenvalue weighted by Crippen LogP contribution is -2.48. The summed E-state index contributed by atoms with van der Waals surface area (Å²) in [5, 5.41) is 10.9. The van der Waals surface area contributed by atoms with E-state index in [-0.39, 0.29) is 23.1 Å². The third-order valence-corrected chi connectivity index (χ3v) is 6.63. The van der Waals surface area contributed by atoms with E-state index in [0.29, 0.717) is 16.6 Å². The molecule has 1 aromatic heterocycles. The number of carbonyl (C=O) groups excluding carboxylic acids is 1. The molecule has 0 radical (unpaired) electrons. The van der Waals surface area contributed by atoms with Gasteiger partial charge in [0.15, 0.2) is 0 Å². The van der Waals surface area contributed by atoms with Crippen LogP contribution >= 0.6 is 0 Å². The molecule has 0 aliphatic heterocycles. The maximum atomic E-state index is 13.9. The molecular weight excluding hydrogens is 578 g/mol. The van der Waals surface area contributed by atoms with Crippen LogP contribution < -0.4 is 14.8 Å². The average Bonchev–Trinajstić information content (AvgIpc) is 3.31. The number of nitrogens with zero attached hydrogens (tertiary/aromatic N) is 3. The van der Waals surface area contributed by atoms with Gasteiger partial charge in [0.05, 0.1) is 11.1 Å². The number of amides is 1. The van der Waals surface area contributed by atoms with Crippen LogP contribution in [0.15, 0.2) is 97.1 Å². The molecule has 222 valence electrons. The summed E-state index contributed by atoms with van der Waals surface area (Å²) < 4.78 is 88.9. The Kier molecular flexibility index (Phi) is 7.74. The van der Waals surface area contributed by atoms with Gasteiger partial charge in [-0.25, -0.2) is 4.68 Å². The molecule has 0 saturated heterocycles. The number of aromatic nitrogens is 3. The zero-order valence-electron chi connectivity index (χ0n) is 22.3. The highest BCUT2D eigenvalue weighted by atomic mass is 19.4. The molecule has 0 unspecified atom stereocenters. The second-order valence-corrected chi connectivity index (χ2v) is 9.59. The Morgan fingerprint density at radius 3 is 1.91 bits per heavy atom. The Bertz CT molecular complexity index is 1690. The van der Waals surface area contributed by atoms with Crippen molar-refractivity contribution in [1.82, 2.24) is 20.3 Å². The normalized spacial score (nSPS) is 12.3. The minimum atomic E-state index is -5.02. The Labute approximate surface area is 240 Å². The fourth-order valence-electron chi connectivity index (χ4n) is 4.83. The van der Waals surface area contributed by atoms with Gasteiger partial charge in [-0.15, -0.1) is 31.4 Å². The number of ether oxygens (including phenoxy) is 2. The van der Waals surface area contributed by atoms with Crippen LogP contribution in [0, 0.1) is 0 Å². The SMILES string of the molecule is Cn1nnc2cc(C(=O)NC(Cc3ccccc3)(c3cccc(OC(F)(F)F)c3)c3cccc(OC(F)(F)F)c3)ccc21. The first-order valence-corrected chi connectivity index (χ1v) is 12.7. The summed E-state index contributed by atoms with van der Waals surface area (Å²) in [5.74, 6) is -1.84. The molecule has 0 saturated carbocycles. The monoisotopic (exact) mass is 600 g/mol. The van der Waals surface area contributed by atoms with Crippen molar-refractivity contribution in [2.45, 2.75) is 24.7 Å². The predicted molar refractivity (Wildman–Crippen MR) is 143 cm³/mol.